The Labute approximate surface area is 216 Å². The molecule has 0 bridgehead atoms. The van der Waals surface area contributed by atoms with Gasteiger partial charge in [-0.1, -0.05) is 31.6 Å². The highest BCUT2D eigenvalue weighted by Gasteiger charge is 2.38. The van der Waals surface area contributed by atoms with E-state index >= 15 is 0 Å². The lowest BCUT2D eigenvalue weighted by molar-refractivity contribution is -0.132. The molecular formula is C27H41N3O5S. The summed E-state index contributed by atoms with van der Waals surface area (Å²) in [6.45, 7) is 4.07. The van der Waals surface area contributed by atoms with Crippen molar-refractivity contribution in [1.29, 1.82) is 0 Å². The van der Waals surface area contributed by atoms with Gasteiger partial charge in [-0.05, 0) is 58.0 Å². The fourth-order valence-corrected chi connectivity index (χ4v) is 6.62. The molecule has 1 aromatic rings. The third kappa shape index (κ3) is 7.00. The molecule has 2 aliphatic rings. The lowest BCUT2D eigenvalue weighted by Crippen LogP contribution is -2.50. The second kappa shape index (κ2) is 12.4. The lowest BCUT2D eigenvalue weighted by Gasteiger charge is -2.37. The summed E-state index contributed by atoms with van der Waals surface area (Å²) in [5.74, 6) is 7.07. The Morgan fingerprint density at radius 3 is 2.58 bits per heavy atom. The SMILES string of the molecule is C[C@@H]1CN([C@H](C)CO)S(=O)(=O)c2ccc(C#CCC3CCCC3)cc2O[C@@H]1CN(C)C(=O)CN(C)C. The van der Waals surface area contributed by atoms with Crippen molar-refractivity contribution in [2.24, 2.45) is 11.8 Å². The van der Waals surface area contributed by atoms with Crippen LogP contribution in [-0.2, 0) is 14.8 Å². The van der Waals surface area contributed by atoms with E-state index in [1.54, 1.807) is 37.1 Å². The smallest absolute Gasteiger partial charge is 0.247 e. The number of carbonyl (C=O) groups excluding carboxylic acids is 1. The molecular weight excluding hydrogens is 478 g/mol. The second-order valence-corrected chi connectivity index (χ2v) is 12.4. The Bertz CT molecular complexity index is 1070. The monoisotopic (exact) mass is 519 g/mol. The van der Waals surface area contributed by atoms with Crippen LogP contribution in [0.3, 0.4) is 0 Å². The van der Waals surface area contributed by atoms with E-state index in [0.717, 1.165) is 6.42 Å². The molecule has 3 rings (SSSR count). The zero-order valence-corrected chi connectivity index (χ0v) is 23.1. The molecule has 36 heavy (non-hydrogen) atoms. The van der Waals surface area contributed by atoms with Gasteiger partial charge in [0.1, 0.15) is 16.7 Å². The highest BCUT2D eigenvalue weighted by molar-refractivity contribution is 7.89. The predicted octanol–water partition coefficient (Wildman–Crippen LogP) is 2.41. The molecule has 0 aromatic heterocycles. The molecule has 1 amide bonds. The van der Waals surface area contributed by atoms with Gasteiger partial charge in [-0.3, -0.25) is 4.79 Å². The number of amides is 1. The number of aliphatic hydroxyl groups is 1. The normalized spacial score (nSPS) is 23.1. The number of aliphatic hydroxyl groups excluding tert-OH is 1. The molecule has 200 valence electrons. The van der Waals surface area contributed by atoms with Gasteiger partial charge in [0.2, 0.25) is 15.9 Å². The number of hydrogen-bond donors (Lipinski definition) is 1. The minimum Gasteiger partial charge on any atom is -0.487 e. The van der Waals surface area contributed by atoms with E-state index in [1.807, 2.05) is 25.9 Å². The van der Waals surface area contributed by atoms with Crippen molar-refractivity contribution in [1.82, 2.24) is 14.1 Å². The molecule has 1 heterocycles. The van der Waals surface area contributed by atoms with Crippen molar-refractivity contribution in [2.45, 2.75) is 63.0 Å². The van der Waals surface area contributed by atoms with Gasteiger partial charge in [0.05, 0.1) is 19.7 Å². The second-order valence-electron chi connectivity index (χ2n) is 10.6. The van der Waals surface area contributed by atoms with Gasteiger partial charge < -0.3 is 19.6 Å². The average molecular weight is 520 g/mol. The van der Waals surface area contributed by atoms with E-state index in [2.05, 4.69) is 11.8 Å². The fourth-order valence-electron chi connectivity index (χ4n) is 4.80. The van der Waals surface area contributed by atoms with Crippen LogP contribution in [0.2, 0.25) is 0 Å². The Morgan fingerprint density at radius 2 is 1.94 bits per heavy atom. The van der Waals surface area contributed by atoms with Crippen molar-refractivity contribution in [3.8, 4) is 17.6 Å². The standard InChI is InChI=1S/C27H41N3O5S/c1-20-16-30(21(2)19-31)36(33,34)26-14-13-23(12-8-11-22-9-6-7-10-22)15-24(26)35-25(20)17-29(5)27(32)18-28(3)4/h13-15,20-22,25,31H,6-7,9-11,16-19H2,1-5H3/t20-,21-,25-/m1/s1. The Kier molecular flexibility index (Phi) is 9.81. The lowest BCUT2D eigenvalue weighted by atomic mass is 10.0. The largest absolute Gasteiger partial charge is 0.487 e. The topological polar surface area (TPSA) is 90.4 Å². The predicted molar refractivity (Wildman–Crippen MR) is 140 cm³/mol. The van der Waals surface area contributed by atoms with Crippen LogP contribution in [0.1, 0.15) is 51.5 Å². The van der Waals surface area contributed by atoms with Gasteiger partial charge in [0.15, 0.2) is 0 Å². The van der Waals surface area contributed by atoms with Crippen LogP contribution in [0.4, 0.5) is 0 Å². The maximum atomic E-state index is 13.6. The van der Waals surface area contributed by atoms with Crippen molar-refractivity contribution < 1.29 is 23.1 Å². The van der Waals surface area contributed by atoms with E-state index in [1.165, 1.54) is 30.0 Å². The van der Waals surface area contributed by atoms with Crippen molar-refractivity contribution in [3.05, 3.63) is 23.8 Å². The highest BCUT2D eigenvalue weighted by Crippen LogP contribution is 2.34. The molecule has 0 radical (unpaired) electrons. The molecule has 9 heteroatoms. The van der Waals surface area contributed by atoms with Crippen LogP contribution in [0.25, 0.3) is 0 Å². The minimum absolute atomic E-state index is 0.0437. The number of fused-ring (bicyclic) bond motifs is 1. The van der Waals surface area contributed by atoms with Gasteiger partial charge in [0.25, 0.3) is 0 Å². The van der Waals surface area contributed by atoms with Crippen molar-refractivity contribution in [3.63, 3.8) is 0 Å². The quantitative estimate of drug-likeness (QED) is 0.557. The van der Waals surface area contributed by atoms with Crippen LogP contribution in [-0.4, -0.2) is 93.1 Å². The fraction of sp³-hybridized carbons (Fsp3) is 0.667. The summed E-state index contributed by atoms with van der Waals surface area (Å²) >= 11 is 0. The van der Waals surface area contributed by atoms with E-state index in [-0.39, 0.29) is 42.2 Å². The van der Waals surface area contributed by atoms with Gasteiger partial charge in [-0.2, -0.15) is 4.31 Å². The maximum Gasteiger partial charge on any atom is 0.247 e. The summed E-state index contributed by atoms with van der Waals surface area (Å²) in [6, 6.07) is 4.37. The number of carbonyl (C=O) groups is 1. The van der Waals surface area contributed by atoms with E-state index in [4.69, 9.17) is 4.74 Å². The first-order valence-corrected chi connectivity index (χ1v) is 14.3. The van der Waals surface area contributed by atoms with Crippen LogP contribution in [0, 0.1) is 23.7 Å². The van der Waals surface area contributed by atoms with Crippen LogP contribution in [0.5, 0.6) is 5.75 Å². The maximum absolute atomic E-state index is 13.6. The summed E-state index contributed by atoms with van der Waals surface area (Å²) < 4.78 is 34.9. The number of sulfonamides is 1. The molecule has 1 aliphatic carbocycles. The van der Waals surface area contributed by atoms with Gasteiger partial charge in [-0.15, -0.1) is 0 Å². The Balaban J connectivity index is 1.95. The molecule has 0 spiro atoms. The molecule has 0 saturated heterocycles. The first-order valence-electron chi connectivity index (χ1n) is 12.8. The molecule has 1 aromatic carbocycles. The molecule has 1 saturated carbocycles. The van der Waals surface area contributed by atoms with Crippen LogP contribution < -0.4 is 4.74 Å². The average Bonchev–Trinajstić information content (AvgIpc) is 3.33. The summed E-state index contributed by atoms with van der Waals surface area (Å²) in [4.78, 5) is 16.1. The number of ether oxygens (including phenoxy) is 1. The molecule has 3 atom stereocenters. The summed E-state index contributed by atoms with van der Waals surface area (Å²) in [6.07, 6.45) is 5.38. The molecule has 1 aliphatic heterocycles. The van der Waals surface area contributed by atoms with Crippen molar-refractivity contribution in [2.75, 3.05) is 47.4 Å². The summed E-state index contributed by atoms with van der Waals surface area (Å²) in [5, 5.41) is 9.80. The number of likely N-dealkylation sites (N-methyl/N-ethyl adjacent to an activating group) is 2. The van der Waals surface area contributed by atoms with Crippen molar-refractivity contribution >= 4 is 15.9 Å². The Morgan fingerprint density at radius 1 is 1.25 bits per heavy atom. The molecule has 8 nitrogen and oxygen atoms in total. The van der Waals surface area contributed by atoms with Gasteiger partial charge >= 0.3 is 0 Å². The van der Waals surface area contributed by atoms with Crippen LogP contribution >= 0.6 is 0 Å². The zero-order chi connectivity index (χ0) is 26.5. The molecule has 1 N–H and O–H groups in total. The van der Waals surface area contributed by atoms with Gasteiger partial charge in [-0.25, -0.2) is 8.42 Å². The number of benzene rings is 1. The first-order chi connectivity index (χ1) is 17.0. The Hall–Kier alpha value is -2.12. The molecule has 1 fully saturated rings. The third-order valence-corrected chi connectivity index (χ3v) is 9.12. The first kappa shape index (κ1) is 28.5. The highest BCUT2D eigenvalue weighted by atomic mass is 32.2. The molecule has 0 unspecified atom stereocenters. The zero-order valence-electron chi connectivity index (χ0n) is 22.2. The van der Waals surface area contributed by atoms with E-state index in [9.17, 15) is 18.3 Å². The van der Waals surface area contributed by atoms with Gasteiger partial charge in [0, 0.05) is 37.5 Å². The minimum atomic E-state index is -3.91. The number of hydrogen-bond acceptors (Lipinski definition) is 6. The number of rotatable bonds is 7. The summed E-state index contributed by atoms with van der Waals surface area (Å²) in [5.41, 5.74) is 0.702. The number of nitrogens with zero attached hydrogens (tertiary/aromatic N) is 3. The summed E-state index contributed by atoms with van der Waals surface area (Å²) in [7, 11) is 1.50. The van der Waals surface area contributed by atoms with E-state index < -0.39 is 22.2 Å². The van der Waals surface area contributed by atoms with E-state index in [0.29, 0.717) is 18.0 Å². The van der Waals surface area contributed by atoms with Crippen LogP contribution in [0.15, 0.2) is 23.1 Å². The third-order valence-electron chi connectivity index (χ3n) is 7.10.